The molecule has 1 N–H and O–H groups in total. The van der Waals surface area contributed by atoms with Gasteiger partial charge in [0.15, 0.2) is 11.5 Å². The van der Waals surface area contributed by atoms with Crippen molar-refractivity contribution in [3.8, 4) is 11.5 Å². The van der Waals surface area contributed by atoms with E-state index in [0.29, 0.717) is 30.1 Å². The fraction of sp³-hybridized carbons (Fsp3) is 0.138. The molecule has 3 aromatic carbocycles. The fourth-order valence-corrected chi connectivity index (χ4v) is 4.13. The van der Waals surface area contributed by atoms with Crippen molar-refractivity contribution in [2.24, 2.45) is 0 Å². The number of barbiturate groups is 1. The number of halogens is 1. The Morgan fingerprint density at radius 3 is 2.46 bits per heavy atom. The van der Waals surface area contributed by atoms with E-state index in [1.54, 1.807) is 36.4 Å². The average molecular weight is 517 g/mol. The van der Waals surface area contributed by atoms with E-state index in [-0.39, 0.29) is 16.3 Å². The zero-order valence-corrected chi connectivity index (χ0v) is 21.2. The minimum atomic E-state index is -0.870. The smallest absolute Gasteiger partial charge is 0.335 e. The molecule has 0 unspecified atom stereocenters. The van der Waals surface area contributed by atoms with Gasteiger partial charge >= 0.3 is 6.03 Å². The van der Waals surface area contributed by atoms with Crippen LogP contribution in [0.1, 0.15) is 22.3 Å². The third-order valence-corrected chi connectivity index (χ3v) is 6.07. The van der Waals surface area contributed by atoms with Crippen molar-refractivity contribution in [3.63, 3.8) is 0 Å². The van der Waals surface area contributed by atoms with Gasteiger partial charge in [0.1, 0.15) is 12.2 Å². The Morgan fingerprint density at radius 1 is 1.05 bits per heavy atom. The second kappa shape index (κ2) is 11.1. The molecule has 1 fully saturated rings. The van der Waals surface area contributed by atoms with Crippen LogP contribution in [0.3, 0.4) is 0 Å². The van der Waals surface area contributed by atoms with Gasteiger partial charge in [-0.2, -0.15) is 0 Å². The summed E-state index contributed by atoms with van der Waals surface area (Å²) in [6.07, 6.45) is 3.59. The van der Waals surface area contributed by atoms with Gasteiger partial charge in [0.05, 0.1) is 17.8 Å². The number of amides is 4. The molecule has 0 aromatic heterocycles. The Balaban J connectivity index is 1.70. The Labute approximate surface area is 219 Å². The number of allylic oxidation sites excluding steroid dienone is 1. The lowest BCUT2D eigenvalue weighted by molar-refractivity contribution is -0.122. The van der Waals surface area contributed by atoms with Crippen molar-refractivity contribution in [2.45, 2.75) is 20.0 Å². The number of benzene rings is 3. The van der Waals surface area contributed by atoms with Crippen molar-refractivity contribution in [1.29, 1.82) is 0 Å². The van der Waals surface area contributed by atoms with E-state index in [4.69, 9.17) is 21.1 Å². The molecule has 7 nitrogen and oxygen atoms in total. The van der Waals surface area contributed by atoms with E-state index in [0.717, 1.165) is 21.6 Å². The summed E-state index contributed by atoms with van der Waals surface area (Å²) in [5, 5.41) is 2.40. The highest BCUT2D eigenvalue weighted by molar-refractivity contribution is 6.42. The molecule has 1 saturated heterocycles. The number of methoxy groups -OCH3 is 1. The molecule has 0 aliphatic carbocycles. The lowest BCUT2D eigenvalue weighted by atomic mass is 10.0. The molecule has 4 amide bonds. The van der Waals surface area contributed by atoms with Gasteiger partial charge in [0.25, 0.3) is 11.8 Å². The van der Waals surface area contributed by atoms with Crippen LogP contribution in [0.4, 0.5) is 10.5 Å². The number of para-hydroxylation sites is 1. The highest BCUT2D eigenvalue weighted by Crippen LogP contribution is 2.36. The lowest BCUT2D eigenvalue weighted by Gasteiger charge is -2.27. The first-order valence-corrected chi connectivity index (χ1v) is 11.9. The zero-order chi connectivity index (χ0) is 26.5. The normalized spacial score (nSPS) is 14.5. The molecule has 1 aliphatic rings. The molecule has 0 spiro atoms. The summed E-state index contributed by atoms with van der Waals surface area (Å²) < 4.78 is 11.7. The number of aryl methyl sites for hydroxylation is 1. The predicted octanol–water partition coefficient (Wildman–Crippen LogP) is 5.63. The molecule has 188 valence electrons. The molecule has 0 bridgehead atoms. The molecular weight excluding hydrogens is 492 g/mol. The Bertz CT molecular complexity index is 1410. The number of nitrogens with zero attached hydrogens (tertiary/aromatic N) is 1. The van der Waals surface area contributed by atoms with Gasteiger partial charge in [-0.25, -0.2) is 9.69 Å². The maximum atomic E-state index is 13.3. The monoisotopic (exact) mass is 516 g/mol. The molecule has 0 atom stereocenters. The van der Waals surface area contributed by atoms with Crippen LogP contribution in [0.5, 0.6) is 11.5 Å². The summed E-state index contributed by atoms with van der Waals surface area (Å²) >= 11 is 6.21. The molecule has 4 rings (SSSR count). The number of rotatable bonds is 8. The highest BCUT2D eigenvalue weighted by atomic mass is 35.5. The van der Waals surface area contributed by atoms with Crippen LogP contribution in [-0.4, -0.2) is 25.0 Å². The topological polar surface area (TPSA) is 84.9 Å². The van der Waals surface area contributed by atoms with Crippen LogP contribution in [0, 0.1) is 6.92 Å². The summed E-state index contributed by atoms with van der Waals surface area (Å²) in [5.74, 6) is -0.619. The van der Waals surface area contributed by atoms with Gasteiger partial charge in [0, 0.05) is 5.56 Å². The summed E-state index contributed by atoms with van der Waals surface area (Å²) in [4.78, 5) is 39.2. The Kier molecular flexibility index (Phi) is 7.74. The number of carbonyl (C=O) groups excluding carboxylic acids is 3. The maximum Gasteiger partial charge on any atom is 0.335 e. The van der Waals surface area contributed by atoms with Crippen LogP contribution >= 0.6 is 11.6 Å². The highest BCUT2D eigenvalue weighted by Gasteiger charge is 2.37. The molecule has 1 aliphatic heterocycles. The molecule has 3 aromatic rings. The van der Waals surface area contributed by atoms with E-state index in [9.17, 15) is 14.4 Å². The Morgan fingerprint density at radius 2 is 1.78 bits per heavy atom. The minimum Gasteiger partial charge on any atom is -0.493 e. The number of ether oxygens (including phenoxy) is 2. The number of imide groups is 2. The lowest BCUT2D eigenvalue weighted by Crippen LogP contribution is -2.54. The second-order valence-corrected chi connectivity index (χ2v) is 8.79. The number of nitrogens with one attached hydrogen (secondary N) is 1. The third kappa shape index (κ3) is 5.57. The first kappa shape index (κ1) is 25.7. The van der Waals surface area contributed by atoms with Gasteiger partial charge in [-0.05, 0) is 54.8 Å². The standard InChI is InChI=1S/C29H25ClN2O5/c1-4-7-21-14-20(16-25(36-3)26(21)37-17-19-12-10-18(2)11-13-19)15-22-27(33)31-29(35)32(28(22)34)24-9-6-5-8-23(24)30/h4-6,8-16H,1,7,17H2,2-3H3,(H,31,33,35)/b22-15+. The Hall–Kier alpha value is -4.36. The van der Waals surface area contributed by atoms with Crippen LogP contribution in [0.2, 0.25) is 5.02 Å². The van der Waals surface area contributed by atoms with Crippen LogP contribution in [0.15, 0.2) is 78.9 Å². The van der Waals surface area contributed by atoms with Crippen LogP contribution in [-0.2, 0) is 22.6 Å². The van der Waals surface area contributed by atoms with Gasteiger partial charge in [-0.3, -0.25) is 14.9 Å². The first-order chi connectivity index (χ1) is 17.8. The largest absolute Gasteiger partial charge is 0.493 e. The van der Waals surface area contributed by atoms with Crippen molar-refractivity contribution in [2.75, 3.05) is 12.0 Å². The van der Waals surface area contributed by atoms with Gasteiger partial charge in [-0.15, -0.1) is 6.58 Å². The van der Waals surface area contributed by atoms with E-state index < -0.39 is 17.8 Å². The van der Waals surface area contributed by atoms with Gasteiger partial charge < -0.3 is 9.47 Å². The quantitative estimate of drug-likeness (QED) is 0.238. The van der Waals surface area contributed by atoms with E-state index in [1.165, 1.54) is 19.3 Å². The second-order valence-electron chi connectivity index (χ2n) is 8.39. The van der Waals surface area contributed by atoms with Crippen LogP contribution < -0.4 is 19.7 Å². The number of urea groups is 1. The molecule has 1 heterocycles. The molecule has 37 heavy (non-hydrogen) atoms. The summed E-state index contributed by atoms with van der Waals surface area (Å²) in [7, 11) is 1.51. The maximum absolute atomic E-state index is 13.3. The average Bonchev–Trinajstić information content (AvgIpc) is 2.88. The molecule has 0 saturated carbocycles. The van der Waals surface area contributed by atoms with Crippen LogP contribution in [0.25, 0.3) is 6.08 Å². The van der Waals surface area contributed by atoms with Crippen molar-refractivity contribution < 1.29 is 23.9 Å². The molecule has 0 radical (unpaired) electrons. The van der Waals surface area contributed by atoms with Crippen molar-refractivity contribution in [3.05, 3.63) is 106 Å². The van der Waals surface area contributed by atoms with Crippen molar-refractivity contribution >= 4 is 41.2 Å². The van der Waals surface area contributed by atoms with E-state index in [2.05, 4.69) is 11.9 Å². The third-order valence-electron chi connectivity index (χ3n) is 5.75. The van der Waals surface area contributed by atoms with Gasteiger partial charge in [-0.1, -0.05) is 59.6 Å². The molecule has 8 heteroatoms. The van der Waals surface area contributed by atoms with E-state index >= 15 is 0 Å². The SMILES string of the molecule is C=CCc1cc(/C=C2\C(=O)NC(=O)N(c3ccccc3Cl)C2=O)cc(OC)c1OCc1ccc(C)cc1. The predicted molar refractivity (Wildman–Crippen MR) is 143 cm³/mol. The summed E-state index contributed by atoms with van der Waals surface area (Å²) in [6.45, 7) is 6.17. The number of hydrogen-bond donors (Lipinski definition) is 1. The van der Waals surface area contributed by atoms with Crippen molar-refractivity contribution in [1.82, 2.24) is 5.32 Å². The van der Waals surface area contributed by atoms with Gasteiger partial charge in [0.2, 0.25) is 0 Å². The zero-order valence-electron chi connectivity index (χ0n) is 20.4. The molecular formula is C29H25ClN2O5. The number of carbonyl (C=O) groups is 3. The first-order valence-electron chi connectivity index (χ1n) is 11.5. The summed E-state index contributed by atoms with van der Waals surface area (Å²) in [6, 6.07) is 17.0. The number of anilines is 1. The summed E-state index contributed by atoms with van der Waals surface area (Å²) in [5.41, 5.74) is 3.38. The number of hydrogen-bond acceptors (Lipinski definition) is 5. The van der Waals surface area contributed by atoms with E-state index in [1.807, 2.05) is 31.2 Å². The fourth-order valence-electron chi connectivity index (χ4n) is 3.91. The minimum absolute atomic E-state index is 0.176.